The van der Waals surface area contributed by atoms with Crippen LogP contribution < -0.4 is 10.6 Å². The molecule has 1 aromatic heterocycles. The summed E-state index contributed by atoms with van der Waals surface area (Å²) in [6.07, 6.45) is 4.79. The van der Waals surface area contributed by atoms with Crippen molar-refractivity contribution < 1.29 is 4.74 Å². The minimum Gasteiger partial charge on any atom is -0.374 e. The van der Waals surface area contributed by atoms with E-state index < -0.39 is 0 Å². The van der Waals surface area contributed by atoms with E-state index in [1.165, 1.54) is 0 Å². The standard InChI is InChI=1S/C14H25N5O/c1-3-5-16-13-9-15-10-14(18-13)17-8-12-11-19(4-2)6-7-20-12/h9-10,12H,3-8,11H2,1-2H3,(H2,16,17,18). The predicted octanol–water partition coefficient (Wildman–Crippen LogP) is 1.43. The van der Waals surface area contributed by atoms with Gasteiger partial charge in [0.2, 0.25) is 0 Å². The number of hydrogen-bond donors (Lipinski definition) is 2. The summed E-state index contributed by atoms with van der Waals surface area (Å²) < 4.78 is 5.76. The second-order valence-corrected chi connectivity index (χ2v) is 4.98. The number of morpholine rings is 1. The minimum absolute atomic E-state index is 0.220. The number of ether oxygens (including phenoxy) is 1. The molecule has 1 aliphatic heterocycles. The summed E-state index contributed by atoms with van der Waals surface area (Å²) in [7, 11) is 0. The van der Waals surface area contributed by atoms with Crippen LogP contribution in [0.4, 0.5) is 11.6 Å². The molecular weight excluding hydrogens is 254 g/mol. The smallest absolute Gasteiger partial charge is 0.147 e. The zero-order valence-electron chi connectivity index (χ0n) is 12.4. The molecule has 0 saturated carbocycles. The monoisotopic (exact) mass is 279 g/mol. The van der Waals surface area contributed by atoms with Gasteiger partial charge in [0.25, 0.3) is 0 Å². The summed E-state index contributed by atoms with van der Waals surface area (Å²) in [5.41, 5.74) is 0. The highest BCUT2D eigenvalue weighted by Crippen LogP contribution is 2.09. The first-order valence-corrected chi connectivity index (χ1v) is 7.45. The zero-order chi connectivity index (χ0) is 14.2. The molecule has 0 aromatic carbocycles. The quantitative estimate of drug-likeness (QED) is 0.787. The fourth-order valence-electron chi connectivity index (χ4n) is 2.20. The summed E-state index contributed by atoms with van der Waals surface area (Å²) in [4.78, 5) is 11.1. The van der Waals surface area contributed by atoms with Crippen LogP contribution in [0.5, 0.6) is 0 Å². The van der Waals surface area contributed by atoms with Gasteiger partial charge in [0, 0.05) is 26.2 Å². The third kappa shape index (κ3) is 4.61. The van der Waals surface area contributed by atoms with Crippen molar-refractivity contribution in [1.29, 1.82) is 0 Å². The van der Waals surface area contributed by atoms with E-state index in [2.05, 4.69) is 39.3 Å². The van der Waals surface area contributed by atoms with E-state index in [4.69, 9.17) is 4.74 Å². The summed E-state index contributed by atoms with van der Waals surface area (Å²) >= 11 is 0. The maximum absolute atomic E-state index is 5.76. The van der Waals surface area contributed by atoms with Crippen molar-refractivity contribution in [1.82, 2.24) is 14.9 Å². The Morgan fingerprint density at radius 2 is 2.10 bits per heavy atom. The molecule has 0 amide bonds. The van der Waals surface area contributed by atoms with E-state index in [1.54, 1.807) is 12.4 Å². The fourth-order valence-corrected chi connectivity index (χ4v) is 2.20. The molecule has 1 fully saturated rings. The number of rotatable bonds is 7. The van der Waals surface area contributed by atoms with Crippen LogP contribution in [0.3, 0.4) is 0 Å². The normalized spacial score (nSPS) is 19.8. The van der Waals surface area contributed by atoms with Gasteiger partial charge in [-0.05, 0) is 13.0 Å². The lowest BCUT2D eigenvalue weighted by molar-refractivity contribution is -0.0192. The fraction of sp³-hybridized carbons (Fsp3) is 0.714. The van der Waals surface area contributed by atoms with Gasteiger partial charge < -0.3 is 15.4 Å². The Labute approximate surface area is 120 Å². The Morgan fingerprint density at radius 1 is 1.30 bits per heavy atom. The van der Waals surface area contributed by atoms with Gasteiger partial charge in [-0.25, -0.2) is 4.98 Å². The van der Waals surface area contributed by atoms with E-state index in [0.29, 0.717) is 0 Å². The lowest BCUT2D eigenvalue weighted by Gasteiger charge is -2.32. The lowest BCUT2D eigenvalue weighted by atomic mass is 10.2. The van der Waals surface area contributed by atoms with Gasteiger partial charge >= 0.3 is 0 Å². The maximum atomic E-state index is 5.76. The zero-order valence-corrected chi connectivity index (χ0v) is 12.4. The molecule has 0 aliphatic carbocycles. The number of likely N-dealkylation sites (N-methyl/N-ethyl adjacent to an activating group) is 1. The second kappa shape index (κ2) is 8.01. The minimum atomic E-state index is 0.220. The van der Waals surface area contributed by atoms with E-state index in [-0.39, 0.29) is 6.10 Å². The number of aromatic nitrogens is 2. The number of nitrogens with one attached hydrogen (secondary N) is 2. The third-order valence-electron chi connectivity index (χ3n) is 3.37. The van der Waals surface area contributed by atoms with Crippen molar-refractivity contribution in [3.05, 3.63) is 12.4 Å². The third-order valence-corrected chi connectivity index (χ3v) is 3.37. The molecule has 0 radical (unpaired) electrons. The average molecular weight is 279 g/mol. The largest absolute Gasteiger partial charge is 0.374 e. The first kappa shape index (κ1) is 15.0. The SMILES string of the molecule is CCCNc1cncc(NCC2CN(CC)CCO2)n1. The first-order chi connectivity index (χ1) is 9.81. The van der Waals surface area contributed by atoms with E-state index in [1.807, 2.05) is 0 Å². The van der Waals surface area contributed by atoms with Crippen LogP contribution >= 0.6 is 0 Å². The molecule has 2 N–H and O–H groups in total. The molecule has 112 valence electrons. The molecule has 1 unspecified atom stereocenters. The Morgan fingerprint density at radius 3 is 2.85 bits per heavy atom. The Hall–Kier alpha value is -1.40. The number of anilines is 2. The molecule has 20 heavy (non-hydrogen) atoms. The Balaban J connectivity index is 1.81. The van der Waals surface area contributed by atoms with Gasteiger partial charge in [0.1, 0.15) is 11.6 Å². The molecule has 1 aromatic rings. The molecule has 6 nitrogen and oxygen atoms in total. The van der Waals surface area contributed by atoms with E-state index in [0.717, 1.165) is 57.4 Å². The summed E-state index contributed by atoms with van der Waals surface area (Å²) in [5, 5.41) is 6.55. The summed E-state index contributed by atoms with van der Waals surface area (Å²) in [5.74, 6) is 1.61. The number of hydrogen-bond acceptors (Lipinski definition) is 6. The molecule has 1 aliphatic rings. The topological polar surface area (TPSA) is 62.3 Å². The van der Waals surface area contributed by atoms with Gasteiger partial charge in [0.15, 0.2) is 0 Å². The highest BCUT2D eigenvalue weighted by Gasteiger charge is 2.18. The summed E-state index contributed by atoms with van der Waals surface area (Å²) in [6.45, 7) is 9.89. The Kier molecular flexibility index (Phi) is 6.01. The van der Waals surface area contributed by atoms with Gasteiger partial charge in [-0.3, -0.25) is 9.88 Å². The van der Waals surface area contributed by atoms with Crippen LogP contribution in [0.1, 0.15) is 20.3 Å². The molecule has 0 bridgehead atoms. The maximum Gasteiger partial charge on any atom is 0.147 e. The van der Waals surface area contributed by atoms with Gasteiger partial charge in [-0.2, -0.15) is 0 Å². The molecule has 0 spiro atoms. The summed E-state index contributed by atoms with van der Waals surface area (Å²) in [6, 6.07) is 0. The van der Waals surface area contributed by atoms with Crippen LogP contribution in [-0.4, -0.2) is 60.3 Å². The van der Waals surface area contributed by atoms with Gasteiger partial charge in [-0.1, -0.05) is 13.8 Å². The van der Waals surface area contributed by atoms with Crippen molar-refractivity contribution in [3.8, 4) is 0 Å². The second-order valence-electron chi connectivity index (χ2n) is 4.98. The predicted molar refractivity (Wildman–Crippen MR) is 81.2 cm³/mol. The van der Waals surface area contributed by atoms with Crippen LogP contribution in [0.15, 0.2) is 12.4 Å². The van der Waals surface area contributed by atoms with Crippen molar-refractivity contribution in [2.75, 3.05) is 50.0 Å². The first-order valence-electron chi connectivity index (χ1n) is 7.45. The van der Waals surface area contributed by atoms with Crippen LogP contribution in [-0.2, 0) is 4.74 Å². The van der Waals surface area contributed by atoms with Crippen LogP contribution in [0, 0.1) is 0 Å². The lowest BCUT2D eigenvalue weighted by Crippen LogP contribution is -2.45. The molecule has 6 heteroatoms. The van der Waals surface area contributed by atoms with Crippen molar-refractivity contribution >= 4 is 11.6 Å². The van der Waals surface area contributed by atoms with Crippen molar-refractivity contribution in [2.24, 2.45) is 0 Å². The molecule has 2 rings (SSSR count). The van der Waals surface area contributed by atoms with Crippen LogP contribution in [0.2, 0.25) is 0 Å². The van der Waals surface area contributed by atoms with Gasteiger partial charge in [-0.15, -0.1) is 0 Å². The Bertz CT molecular complexity index is 401. The highest BCUT2D eigenvalue weighted by molar-refractivity contribution is 5.41. The van der Waals surface area contributed by atoms with Gasteiger partial charge in [0.05, 0.1) is 25.1 Å². The van der Waals surface area contributed by atoms with Crippen molar-refractivity contribution in [2.45, 2.75) is 26.4 Å². The van der Waals surface area contributed by atoms with Crippen molar-refractivity contribution in [3.63, 3.8) is 0 Å². The van der Waals surface area contributed by atoms with E-state index >= 15 is 0 Å². The average Bonchev–Trinajstić information content (AvgIpc) is 2.51. The molecule has 1 atom stereocenters. The van der Waals surface area contributed by atoms with E-state index in [9.17, 15) is 0 Å². The number of nitrogens with zero attached hydrogens (tertiary/aromatic N) is 3. The molecule has 1 saturated heterocycles. The van der Waals surface area contributed by atoms with Crippen LogP contribution in [0.25, 0.3) is 0 Å². The molecule has 2 heterocycles. The molecular formula is C14H25N5O. The highest BCUT2D eigenvalue weighted by atomic mass is 16.5.